The van der Waals surface area contributed by atoms with Crippen LogP contribution in [-0.4, -0.2) is 9.55 Å². The van der Waals surface area contributed by atoms with Gasteiger partial charge in [0.05, 0.1) is 21.4 Å². The van der Waals surface area contributed by atoms with E-state index >= 15 is 0 Å². The molecular weight excluding hydrogens is 220 g/mol. The van der Waals surface area contributed by atoms with Gasteiger partial charge < -0.3 is 0 Å². The maximum atomic E-state index is 11.7. The van der Waals surface area contributed by atoms with Gasteiger partial charge in [0.1, 0.15) is 0 Å². The molecule has 0 bridgehead atoms. The fourth-order valence-corrected chi connectivity index (χ4v) is 2.49. The lowest BCUT2D eigenvalue weighted by atomic mass is 10.3. The van der Waals surface area contributed by atoms with E-state index in [1.165, 1.54) is 0 Å². The van der Waals surface area contributed by atoms with Crippen LogP contribution in [0.4, 0.5) is 0 Å². The van der Waals surface area contributed by atoms with Crippen LogP contribution in [0.25, 0.3) is 15.9 Å². The number of benzene rings is 1. The summed E-state index contributed by atoms with van der Waals surface area (Å²) in [5, 5.41) is 0. The lowest BCUT2D eigenvalue weighted by Crippen LogP contribution is -2.15. The quantitative estimate of drug-likeness (QED) is 0.641. The second kappa shape index (κ2) is 3.57. The topological polar surface area (TPSA) is 34.9 Å². The van der Waals surface area contributed by atoms with Crippen molar-refractivity contribution in [1.29, 1.82) is 0 Å². The minimum Gasteiger partial charge on any atom is -0.283 e. The molecule has 0 N–H and O–H groups in total. The molecule has 2 aromatic heterocycles. The number of pyridine rings is 1. The van der Waals surface area contributed by atoms with Crippen molar-refractivity contribution < 1.29 is 0 Å². The van der Waals surface area contributed by atoms with Crippen molar-refractivity contribution in [2.75, 3.05) is 0 Å². The van der Waals surface area contributed by atoms with Crippen LogP contribution in [0.5, 0.6) is 0 Å². The second-order valence-electron chi connectivity index (χ2n) is 3.39. The Morgan fingerprint density at radius 2 is 2.06 bits per heavy atom. The van der Waals surface area contributed by atoms with Crippen LogP contribution in [0.3, 0.4) is 0 Å². The molecule has 0 saturated carbocycles. The minimum absolute atomic E-state index is 0.0246. The van der Waals surface area contributed by atoms with E-state index in [0.717, 1.165) is 15.9 Å². The van der Waals surface area contributed by atoms with Gasteiger partial charge in [0.2, 0.25) is 0 Å². The number of rotatable bonds is 1. The molecule has 16 heavy (non-hydrogen) atoms. The highest BCUT2D eigenvalue weighted by atomic mass is 32.1. The molecule has 0 aliphatic heterocycles. The van der Waals surface area contributed by atoms with Crippen molar-refractivity contribution in [3.05, 3.63) is 58.5 Å². The van der Waals surface area contributed by atoms with Gasteiger partial charge in [0.15, 0.2) is 0 Å². The first kappa shape index (κ1) is 9.30. The smallest absolute Gasteiger partial charge is 0.255 e. The molecule has 0 fully saturated rings. The standard InChI is InChI=1S/C12H8N2OS/c15-11-6-1-2-7-14(11)10-5-3-4-9-12(10)16-8-13-9/h1-8H. The van der Waals surface area contributed by atoms with Crippen LogP contribution < -0.4 is 5.56 Å². The highest BCUT2D eigenvalue weighted by Crippen LogP contribution is 2.24. The molecule has 0 aliphatic carbocycles. The molecular formula is C12H8N2OS. The fourth-order valence-electron chi connectivity index (χ4n) is 1.69. The third-order valence-corrected chi connectivity index (χ3v) is 3.28. The zero-order chi connectivity index (χ0) is 11.0. The summed E-state index contributed by atoms with van der Waals surface area (Å²) in [5.41, 5.74) is 3.59. The maximum absolute atomic E-state index is 11.7. The van der Waals surface area contributed by atoms with E-state index < -0.39 is 0 Å². The van der Waals surface area contributed by atoms with Crippen LogP contribution in [0, 0.1) is 0 Å². The van der Waals surface area contributed by atoms with Gasteiger partial charge in [-0.05, 0) is 18.2 Å². The predicted octanol–water partition coefficient (Wildman–Crippen LogP) is 2.45. The van der Waals surface area contributed by atoms with E-state index in [1.54, 1.807) is 39.7 Å². The van der Waals surface area contributed by atoms with Crippen molar-refractivity contribution in [3.63, 3.8) is 0 Å². The van der Waals surface area contributed by atoms with Gasteiger partial charge in [-0.2, -0.15) is 0 Å². The normalized spacial score (nSPS) is 10.8. The van der Waals surface area contributed by atoms with E-state index in [4.69, 9.17) is 0 Å². The summed E-state index contributed by atoms with van der Waals surface area (Å²) in [4.78, 5) is 16.0. The third kappa shape index (κ3) is 1.35. The Labute approximate surface area is 95.6 Å². The van der Waals surface area contributed by atoms with Gasteiger partial charge in [-0.15, -0.1) is 11.3 Å². The Bertz CT molecular complexity index is 699. The molecule has 0 saturated heterocycles. The van der Waals surface area contributed by atoms with E-state index in [0.29, 0.717) is 0 Å². The molecule has 3 aromatic rings. The largest absolute Gasteiger partial charge is 0.283 e. The van der Waals surface area contributed by atoms with Crippen molar-refractivity contribution >= 4 is 21.6 Å². The molecule has 1 aromatic carbocycles. The second-order valence-corrected chi connectivity index (χ2v) is 4.24. The highest BCUT2D eigenvalue weighted by Gasteiger charge is 2.05. The van der Waals surface area contributed by atoms with Gasteiger partial charge in [0, 0.05) is 12.3 Å². The lowest BCUT2D eigenvalue weighted by molar-refractivity contribution is 1.00. The van der Waals surface area contributed by atoms with Crippen LogP contribution in [0.1, 0.15) is 0 Å². The van der Waals surface area contributed by atoms with Crippen LogP contribution in [0.2, 0.25) is 0 Å². The lowest BCUT2D eigenvalue weighted by Gasteiger charge is -2.05. The first-order chi connectivity index (χ1) is 7.86. The zero-order valence-corrected chi connectivity index (χ0v) is 9.15. The first-order valence-corrected chi connectivity index (χ1v) is 5.74. The first-order valence-electron chi connectivity index (χ1n) is 4.86. The number of fused-ring (bicyclic) bond motifs is 1. The average molecular weight is 228 g/mol. The molecule has 0 atom stereocenters. The molecule has 0 aliphatic rings. The average Bonchev–Trinajstić information content (AvgIpc) is 2.77. The van der Waals surface area contributed by atoms with Crippen LogP contribution in [0.15, 0.2) is 52.9 Å². The summed E-state index contributed by atoms with van der Waals surface area (Å²) >= 11 is 1.55. The fraction of sp³-hybridized carbons (Fsp3) is 0. The summed E-state index contributed by atoms with van der Waals surface area (Å²) in [6.45, 7) is 0. The number of aromatic nitrogens is 2. The molecule has 3 rings (SSSR count). The molecule has 3 nitrogen and oxygen atoms in total. The van der Waals surface area contributed by atoms with E-state index in [-0.39, 0.29) is 5.56 Å². The Balaban J connectivity index is 2.39. The monoisotopic (exact) mass is 228 g/mol. The summed E-state index contributed by atoms with van der Waals surface area (Å²) in [6, 6.07) is 10.9. The predicted molar refractivity (Wildman–Crippen MR) is 65.2 cm³/mol. The van der Waals surface area contributed by atoms with Crippen molar-refractivity contribution in [1.82, 2.24) is 9.55 Å². The Morgan fingerprint density at radius 1 is 1.12 bits per heavy atom. The maximum Gasteiger partial charge on any atom is 0.255 e. The number of thiazole rings is 1. The molecule has 0 radical (unpaired) electrons. The zero-order valence-electron chi connectivity index (χ0n) is 8.33. The number of nitrogens with zero attached hydrogens (tertiary/aromatic N) is 2. The molecule has 78 valence electrons. The highest BCUT2D eigenvalue weighted by molar-refractivity contribution is 7.17. The summed E-state index contributed by atoms with van der Waals surface area (Å²) in [6.07, 6.45) is 1.77. The molecule has 0 unspecified atom stereocenters. The molecule has 2 heterocycles. The van der Waals surface area contributed by atoms with Gasteiger partial charge in [-0.25, -0.2) is 4.98 Å². The number of hydrogen-bond acceptors (Lipinski definition) is 3. The van der Waals surface area contributed by atoms with Gasteiger partial charge in [-0.1, -0.05) is 12.1 Å². The molecule has 0 amide bonds. The Morgan fingerprint density at radius 3 is 2.94 bits per heavy atom. The minimum atomic E-state index is -0.0246. The van der Waals surface area contributed by atoms with Gasteiger partial charge >= 0.3 is 0 Å². The van der Waals surface area contributed by atoms with Gasteiger partial charge in [0.25, 0.3) is 5.56 Å². The van der Waals surface area contributed by atoms with E-state index in [2.05, 4.69) is 4.98 Å². The van der Waals surface area contributed by atoms with E-state index in [9.17, 15) is 4.79 Å². The van der Waals surface area contributed by atoms with Crippen LogP contribution >= 0.6 is 11.3 Å². The Kier molecular flexibility index (Phi) is 2.08. The van der Waals surface area contributed by atoms with Crippen molar-refractivity contribution in [2.45, 2.75) is 0 Å². The van der Waals surface area contributed by atoms with Crippen molar-refractivity contribution in [2.24, 2.45) is 0 Å². The molecule has 4 heteroatoms. The third-order valence-electron chi connectivity index (χ3n) is 2.42. The summed E-state index contributed by atoms with van der Waals surface area (Å²) in [7, 11) is 0. The van der Waals surface area contributed by atoms with Gasteiger partial charge in [-0.3, -0.25) is 9.36 Å². The number of hydrogen-bond donors (Lipinski definition) is 0. The Hall–Kier alpha value is -1.94. The van der Waals surface area contributed by atoms with Crippen LogP contribution in [-0.2, 0) is 0 Å². The van der Waals surface area contributed by atoms with Crippen molar-refractivity contribution in [3.8, 4) is 5.69 Å². The summed E-state index contributed by atoms with van der Waals surface area (Å²) in [5.74, 6) is 0. The summed E-state index contributed by atoms with van der Waals surface area (Å²) < 4.78 is 2.68. The SMILES string of the molecule is O=c1ccccn1-c1cccc2ncsc12. The molecule has 0 spiro atoms. The van der Waals surface area contributed by atoms with E-state index in [1.807, 2.05) is 24.3 Å².